The molecule has 3 rings (SSSR count). The molecule has 2 heterocycles. The van der Waals surface area contributed by atoms with E-state index in [9.17, 15) is 9.50 Å². The summed E-state index contributed by atoms with van der Waals surface area (Å²) in [4.78, 5) is 2.29. The number of aliphatic hydroxyl groups is 1. The minimum absolute atomic E-state index is 0.248. The highest BCUT2D eigenvalue weighted by molar-refractivity contribution is 5.81. The molecule has 0 radical (unpaired) electrons. The highest BCUT2D eigenvalue weighted by atomic mass is 19.1. The number of β-amino-alcohol motifs (C(OH)–C–C–N with tert-alkyl or cyclic N) is 1. The number of nitrogens with one attached hydrogen (secondary N) is 1. The Morgan fingerprint density at radius 3 is 2.90 bits per heavy atom. The molecule has 0 spiro atoms. The number of halogens is 1. The first-order valence-electron chi connectivity index (χ1n) is 7.17. The number of hydrogen-bond donors (Lipinski definition) is 2. The SMILES string of the molecule is CC(O)CN1CCC(c2[nH]nc3cc(F)ccc23)CC1. The van der Waals surface area contributed by atoms with Crippen LogP contribution in [0.3, 0.4) is 0 Å². The molecule has 1 unspecified atom stereocenters. The number of aromatic nitrogens is 2. The summed E-state index contributed by atoms with van der Waals surface area (Å²) in [6.07, 6.45) is 1.81. The first kappa shape index (κ1) is 13.5. The number of rotatable bonds is 3. The van der Waals surface area contributed by atoms with Gasteiger partial charge in [-0.3, -0.25) is 5.10 Å². The zero-order valence-electron chi connectivity index (χ0n) is 11.6. The second kappa shape index (κ2) is 5.50. The number of hydrogen-bond acceptors (Lipinski definition) is 3. The van der Waals surface area contributed by atoms with Crippen LogP contribution in [0.2, 0.25) is 0 Å². The van der Waals surface area contributed by atoms with Crippen molar-refractivity contribution in [1.29, 1.82) is 0 Å². The van der Waals surface area contributed by atoms with Crippen molar-refractivity contribution < 1.29 is 9.50 Å². The van der Waals surface area contributed by atoms with Crippen LogP contribution in [-0.2, 0) is 0 Å². The molecule has 0 bridgehead atoms. The first-order chi connectivity index (χ1) is 9.63. The van der Waals surface area contributed by atoms with Gasteiger partial charge in [-0.05, 0) is 45.0 Å². The first-order valence-corrected chi connectivity index (χ1v) is 7.17. The van der Waals surface area contributed by atoms with Crippen LogP contribution in [0.25, 0.3) is 10.9 Å². The Kier molecular flexibility index (Phi) is 3.72. The Bertz CT molecular complexity index is 588. The number of piperidine rings is 1. The molecular weight excluding hydrogens is 257 g/mol. The quantitative estimate of drug-likeness (QED) is 0.905. The number of aliphatic hydroxyl groups excluding tert-OH is 1. The Balaban J connectivity index is 1.73. The van der Waals surface area contributed by atoms with E-state index in [4.69, 9.17) is 0 Å². The summed E-state index contributed by atoms with van der Waals surface area (Å²) in [6.45, 7) is 4.53. The van der Waals surface area contributed by atoms with E-state index >= 15 is 0 Å². The molecule has 1 aliphatic heterocycles. The molecule has 1 aliphatic rings. The van der Waals surface area contributed by atoms with E-state index in [2.05, 4.69) is 15.1 Å². The average Bonchev–Trinajstić information content (AvgIpc) is 2.82. The van der Waals surface area contributed by atoms with Crippen molar-refractivity contribution in [3.63, 3.8) is 0 Å². The third-order valence-corrected chi connectivity index (χ3v) is 4.07. The molecule has 1 atom stereocenters. The standard InChI is InChI=1S/C15H20FN3O/c1-10(20)9-19-6-4-11(5-7-19)15-13-3-2-12(16)8-14(13)17-18-15/h2-3,8,10-11,20H,4-7,9H2,1H3,(H,17,18). The van der Waals surface area contributed by atoms with Crippen LogP contribution in [0.15, 0.2) is 18.2 Å². The van der Waals surface area contributed by atoms with Gasteiger partial charge < -0.3 is 10.0 Å². The lowest BCUT2D eigenvalue weighted by Gasteiger charge is -2.32. The summed E-state index contributed by atoms with van der Waals surface area (Å²) in [5.41, 5.74) is 1.82. The smallest absolute Gasteiger partial charge is 0.125 e. The third kappa shape index (κ3) is 2.69. The van der Waals surface area contributed by atoms with Crippen molar-refractivity contribution in [2.45, 2.75) is 31.8 Å². The molecule has 2 N–H and O–H groups in total. The molecule has 4 nitrogen and oxygen atoms in total. The summed E-state index contributed by atoms with van der Waals surface area (Å²) in [7, 11) is 0. The lowest BCUT2D eigenvalue weighted by atomic mass is 9.91. The molecule has 108 valence electrons. The van der Waals surface area contributed by atoms with Crippen LogP contribution >= 0.6 is 0 Å². The molecule has 1 aromatic carbocycles. The Labute approximate surface area is 117 Å². The van der Waals surface area contributed by atoms with Crippen molar-refractivity contribution in [3.8, 4) is 0 Å². The van der Waals surface area contributed by atoms with E-state index < -0.39 is 0 Å². The maximum Gasteiger partial charge on any atom is 0.125 e. The lowest BCUT2D eigenvalue weighted by Crippen LogP contribution is -2.37. The van der Waals surface area contributed by atoms with Gasteiger partial charge in [0.25, 0.3) is 0 Å². The summed E-state index contributed by atoms with van der Waals surface area (Å²) in [5, 5.41) is 17.7. The van der Waals surface area contributed by atoms with Crippen LogP contribution in [0, 0.1) is 5.82 Å². The minimum Gasteiger partial charge on any atom is -0.392 e. The van der Waals surface area contributed by atoms with Crippen molar-refractivity contribution in [2.24, 2.45) is 0 Å². The molecule has 1 saturated heterocycles. The molecule has 20 heavy (non-hydrogen) atoms. The van der Waals surface area contributed by atoms with Crippen LogP contribution in [0.1, 0.15) is 31.4 Å². The highest BCUT2D eigenvalue weighted by Crippen LogP contribution is 2.31. The Morgan fingerprint density at radius 1 is 1.45 bits per heavy atom. The second-order valence-electron chi connectivity index (χ2n) is 5.72. The van der Waals surface area contributed by atoms with E-state index in [0.29, 0.717) is 11.4 Å². The normalized spacial score (nSPS) is 19.6. The number of fused-ring (bicyclic) bond motifs is 1. The van der Waals surface area contributed by atoms with Crippen LogP contribution in [0.5, 0.6) is 0 Å². The number of nitrogens with zero attached hydrogens (tertiary/aromatic N) is 2. The van der Waals surface area contributed by atoms with Gasteiger partial charge >= 0.3 is 0 Å². The van der Waals surface area contributed by atoms with E-state index in [-0.39, 0.29) is 11.9 Å². The molecule has 0 saturated carbocycles. The van der Waals surface area contributed by atoms with Crippen molar-refractivity contribution in [3.05, 3.63) is 29.7 Å². The molecular formula is C15H20FN3O. The van der Waals surface area contributed by atoms with Gasteiger partial charge in [0.15, 0.2) is 0 Å². The van der Waals surface area contributed by atoms with Gasteiger partial charge in [-0.15, -0.1) is 0 Å². The molecule has 0 aliphatic carbocycles. The molecule has 1 aromatic heterocycles. The molecule has 2 aromatic rings. The van der Waals surface area contributed by atoms with Crippen molar-refractivity contribution in [1.82, 2.24) is 15.1 Å². The number of H-pyrrole nitrogens is 1. The average molecular weight is 277 g/mol. The van der Waals surface area contributed by atoms with Crippen molar-refractivity contribution >= 4 is 10.9 Å². The Hall–Kier alpha value is -1.46. The molecule has 5 heteroatoms. The van der Waals surface area contributed by atoms with Crippen LogP contribution in [0.4, 0.5) is 4.39 Å². The van der Waals surface area contributed by atoms with E-state index in [1.807, 2.05) is 13.0 Å². The highest BCUT2D eigenvalue weighted by Gasteiger charge is 2.24. The summed E-state index contributed by atoms with van der Waals surface area (Å²) in [5.74, 6) is 0.193. The topological polar surface area (TPSA) is 52.1 Å². The third-order valence-electron chi connectivity index (χ3n) is 4.07. The summed E-state index contributed by atoms with van der Waals surface area (Å²) in [6, 6.07) is 4.77. The largest absolute Gasteiger partial charge is 0.392 e. The van der Waals surface area contributed by atoms with Gasteiger partial charge in [-0.2, -0.15) is 5.10 Å². The molecule has 0 amide bonds. The second-order valence-corrected chi connectivity index (χ2v) is 5.72. The van der Waals surface area contributed by atoms with Gasteiger partial charge in [-0.25, -0.2) is 4.39 Å². The monoisotopic (exact) mass is 277 g/mol. The van der Waals surface area contributed by atoms with Gasteiger partial charge in [0.05, 0.1) is 11.6 Å². The number of benzene rings is 1. The maximum atomic E-state index is 13.2. The summed E-state index contributed by atoms with van der Waals surface area (Å²) < 4.78 is 13.2. The zero-order valence-corrected chi connectivity index (χ0v) is 11.6. The van der Waals surface area contributed by atoms with E-state index in [1.165, 1.54) is 12.1 Å². The van der Waals surface area contributed by atoms with Crippen LogP contribution < -0.4 is 0 Å². The maximum absolute atomic E-state index is 13.2. The number of aromatic amines is 1. The lowest BCUT2D eigenvalue weighted by molar-refractivity contribution is 0.109. The van der Waals surface area contributed by atoms with E-state index in [0.717, 1.165) is 43.6 Å². The minimum atomic E-state index is -0.275. The predicted octanol–water partition coefficient (Wildman–Crippen LogP) is 2.26. The van der Waals surface area contributed by atoms with E-state index in [1.54, 1.807) is 0 Å². The van der Waals surface area contributed by atoms with Gasteiger partial charge in [0.1, 0.15) is 5.82 Å². The fraction of sp³-hybridized carbons (Fsp3) is 0.533. The fourth-order valence-corrected chi connectivity index (χ4v) is 3.09. The van der Waals surface area contributed by atoms with Crippen LogP contribution in [-0.4, -0.2) is 45.9 Å². The summed E-state index contributed by atoms with van der Waals surface area (Å²) >= 11 is 0. The van der Waals surface area contributed by atoms with Gasteiger partial charge in [0, 0.05) is 29.6 Å². The predicted molar refractivity (Wildman–Crippen MR) is 76.1 cm³/mol. The fourth-order valence-electron chi connectivity index (χ4n) is 3.09. The number of likely N-dealkylation sites (tertiary alicyclic amines) is 1. The van der Waals surface area contributed by atoms with Gasteiger partial charge in [0.2, 0.25) is 0 Å². The molecule has 1 fully saturated rings. The van der Waals surface area contributed by atoms with Gasteiger partial charge in [-0.1, -0.05) is 0 Å². The Morgan fingerprint density at radius 2 is 2.20 bits per heavy atom. The zero-order chi connectivity index (χ0) is 14.1. The van der Waals surface area contributed by atoms with Crippen molar-refractivity contribution in [2.75, 3.05) is 19.6 Å².